The Morgan fingerprint density at radius 1 is 1.67 bits per heavy atom. The molecule has 82 valence electrons. The summed E-state index contributed by atoms with van der Waals surface area (Å²) in [5, 5.41) is 4.00. The Balaban J connectivity index is 1.92. The maximum absolute atomic E-state index is 11.8. The van der Waals surface area contributed by atoms with Gasteiger partial charge in [-0.1, -0.05) is 0 Å². The van der Waals surface area contributed by atoms with E-state index in [0.717, 1.165) is 24.8 Å². The smallest absolute Gasteiger partial charge is 0.166 e. The molecule has 2 atom stereocenters. The lowest BCUT2D eigenvalue weighted by molar-refractivity contribution is 0.0962. The number of nitrogens with zero attached hydrogens (tertiary/aromatic N) is 2. The SMILES string of the molecule is Cn1cc(C(=O)CC2CCC(N)C2)cn1. The Kier molecular flexibility index (Phi) is 2.86. The molecule has 1 aliphatic carbocycles. The van der Waals surface area contributed by atoms with Gasteiger partial charge in [-0.25, -0.2) is 0 Å². The molecule has 2 unspecified atom stereocenters. The Bertz CT molecular complexity index is 358. The van der Waals surface area contributed by atoms with E-state index in [4.69, 9.17) is 5.73 Å². The minimum Gasteiger partial charge on any atom is -0.328 e. The highest BCUT2D eigenvalue weighted by Gasteiger charge is 2.24. The minimum absolute atomic E-state index is 0.196. The van der Waals surface area contributed by atoms with Crippen LogP contribution in [0.3, 0.4) is 0 Å². The van der Waals surface area contributed by atoms with Crippen molar-refractivity contribution in [2.24, 2.45) is 18.7 Å². The first-order valence-corrected chi connectivity index (χ1v) is 5.42. The lowest BCUT2D eigenvalue weighted by Gasteiger charge is -2.06. The van der Waals surface area contributed by atoms with Crippen LogP contribution >= 0.6 is 0 Å². The fourth-order valence-corrected chi connectivity index (χ4v) is 2.24. The predicted octanol–water partition coefficient (Wildman–Crippen LogP) is 1.12. The molecule has 1 heterocycles. The molecule has 0 bridgehead atoms. The van der Waals surface area contributed by atoms with Crippen molar-refractivity contribution >= 4 is 5.78 Å². The maximum atomic E-state index is 11.8. The highest BCUT2D eigenvalue weighted by molar-refractivity contribution is 5.95. The van der Waals surface area contributed by atoms with Crippen LogP contribution < -0.4 is 5.73 Å². The van der Waals surface area contributed by atoms with Gasteiger partial charge in [0.25, 0.3) is 0 Å². The van der Waals surface area contributed by atoms with Crippen LogP contribution in [0.2, 0.25) is 0 Å². The Hall–Kier alpha value is -1.16. The summed E-state index contributed by atoms with van der Waals surface area (Å²) in [6.07, 6.45) is 7.18. The fourth-order valence-electron chi connectivity index (χ4n) is 2.24. The quantitative estimate of drug-likeness (QED) is 0.755. The van der Waals surface area contributed by atoms with Gasteiger partial charge in [0, 0.05) is 25.7 Å². The van der Waals surface area contributed by atoms with E-state index < -0.39 is 0 Å². The summed E-state index contributed by atoms with van der Waals surface area (Å²) in [6.45, 7) is 0. The van der Waals surface area contributed by atoms with E-state index in [-0.39, 0.29) is 5.78 Å². The molecule has 0 saturated heterocycles. The van der Waals surface area contributed by atoms with Crippen LogP contribution in [0.5, 0.6) is 0 Å². The van der Waals surface area contributed by atoms with Crippen molar-refractivity contribution in [3.63, 3.8) is 0 Å². The molecule has 1 aromatic heterocycles. The summed E-state index contributed by atoms with van der Waals surface area (Å²) in [5.41, 5.74) is 6.54. The van der Waals surface area contributed by atoms with Gasteiger partial charge in [0.15, 0.2) is 5.78 Å². The summed E-state index contributed by atoms with van der Waals surface area (Å²) in [7, 11) is 1.82. The van der Waals surface area contributed by atoms with E-state index in [2.05, 4.69) is 5.10 Å². The number of aromatic nitrogens is 2. The van der Waals surface area contributed by atoms with Crippen LogP contribution in [0, 0.1) is 5.92 Å². The molecule has 1 aromatic rings. The number of Topliss-reactive ketones (excluding diaryl/α,β-unsaturated/α-hetero) is 1. The first-order valence-electron chi connectivity index (χ1n) is 5.42. The van der Waals surface area contributed by atoms with E-state index in [1.807, 2.05) is 7.05 Å². The van der Waals surface area contributed by atoms with Crippen molar-refractivity contribution in [1.82, 2.24) is 9.78 Å². The van der Waals surface area contributed by atoms with Crippen molar-refractivity contribution in [2.45, 2.75) is 31.7 Å². The molecule has 0 radical (unpaired) electrons. The Labute approximate surface area is 89.5 Å². The van der Waals surface area contributed by atoms with E-state index in [1.54, 1.807) is 17.1 Å². The van der Waals surface area contributed by atoms with Gasteiger partial charge >= 0.3 is 0 Å². The molecule has 0 aromatic carbocycles. The number of hydrogen-bond donors (Lipinski definition) is 1. The molecule has 2 rings (SSSR count). The molecule has 4 heteroatoms. The first kappa shape index (κ1) is 10.4. The predicted molar refractivity (Wildman–Crippen MR) is 57.5 cm³/mol. The summed E-state index contributed by atoms with van der Waals surface area (Å²) >= 11 is 0. The van der Waals surface area contributed by atoms with Crippen LogP contribution in [-0.4, -0.2) is 21.6 Å². The molecule has 1 saturated carbocycles. The van der Waals surface area contributed by atoms with Crippen molar-refractivity contribution < 1.29 is 4.79 Å². The number of aryl methyl sites for hydroxylation is 1. The van der Waals surface area contributed by atoms with Gasteiger partial charge in [-0.15, -0.1) is 0 Å². The summed E-state index contributed by atoms with van der Waals surface area (Å²) in [4.78, 5) is 11.8. The number of hydrogen-bond acceptors (Lipinski definition) is 3. The zero-order chi connectivity index (χ0) is 10.8. The van der Waals surface area contributed by atoms with Crippen molar-refractivity contribution in [2.75, 3.05) is 0 Å². The molecular formula is C11H17N3O. The standard InChI is InChI=1S/C11H17N3O/c1-14-7-9(6-13-14)11(15)5-8-2-3-10(12)4-8/h6-8,10H,2-5,12H2,1H3. The summed E-state index contributed by atoms with van der Waals surface area (Å²) in [6, 6.07) is 0.302. The minimum atomic E-state index is 0.196. The number of carbonyl (C=O) groups excluding carboxylic acids is 1. The Morgan fingerprint density at radius 3 is 3.00 bits per heavy atom. The third kappa shape index (κ3) is 2.45. The van der Waals surface area contributed by atoms with E-state index in [9.17, 15) is 4.79 Å². The zero-order valence-corrected chi connectivity index (χ0v) is 9.02. The molecule has 0 spiro atoms. The van der Waals surface area contributed by atoms with E-state index in [1.165, 1.54) is 0 Å². The normalized spacial score (nSPS) is 25.7. The van der Waals surface area contributed by atoms with Gasteiger partial charge in [-0.3, -0.25) is 9.48 Å². The molecular weight excluding hydrogens is 190 g/mol. The fraction of sp³-hybridized carbons (Fsp3) is 0.636. The van der Waals surface area contributed by atoms with Crippen LogP contribution in [0.25, 0.3) is 0 Å². The van der Waals surface area contributed by atoms with Crippen molar-refractivity contribution in [3.8, 4) is 0 Å². The topological polar surface area (TPSA) is 60.9 Å². The van der Waals surface area contributed by atoms with Gasteiger partial charge < -0.3 is 5.73 Å². The second-order valence-electron chi connectivity index (χ2n) is 4.47. The molecule has 1 fully saturated rings. The first-order chi connectivity index (χ1) is 7.15. The third-order valence-corrected chi connectivity index (χ3v) is 3.08. The largest absolute Gasteiger partial charge is 0.328 e. The molecule has 0 aliphatic heterocycles. The lowest BCUT2D eigenvalue weighted by Crippen LogP contribution is -2.15. The highest BCUT2D eigenvalue weighted by Crippen LogP contribution is 2.28. The monoisotopic (exact) mass is 207 g/mol. The number of ketones is 1. The molecule has 2 N–H and O–H groups in total. The number of carbonyl (C=O) groups is 1. The van der Waals surface area contributed by atoms with E-state index in [0.29, 0.717) is 18.4 Å². The zero-order valence-electron chi connectivity index (χ0n) is 9.02. The molecule has 1 aliphatic rings. The van der Waals surface area contributed by atoms with Gasteiger partial charge in [-0.05, 0) is 25.2 Å². The molecule has 4 nitrogen and oxygen atoms in total. The third-order valence-electron chi connectivity index (χ3n) is 3.08. The summed E-state index contributed by atoms with van der Waals surface area (Å²) < 4.78 is 1.66. The Morgan fingerprint density at radius 2 is 2.47 bits per heavy atom. The molecule has 15 heavy (non-hydrogen) atoms. The highest BCUT2D eigenvalue weighted by atomic mass is 16.1. The van der Waals surface area contributed by atoms with Crippen LogP contribution in [-0.2, 0) is 7.05 Å². The van der Waals surface area contributed by atoms with Crippen LogP contribution in [0.1, 0.15) is 36.0 Å². The average Bonchev–Trinajstić information content (AvgIpc) is 2.75. The van der Waals surface area contributed by atoms with Gasteiger partial charge in [-0.2, -0.15) is 5.10 Å². The van der Waals surface area contributed by atoms with Gasteiger partial charge in [0.05, 0.1) is 11.8 Å². The average molecular weight is 207 g/mol. The van der Waals surface area contributed by atoms with Crippen LogP contribution in [0.4, 0.5) is 0 Å². The second kappa shape index (κ2) is 4.14. The van der Waals surface area contributed by atoms with Crippen molar-refractivity contribution in [1.29, 1.82) is 0 Å². The summed E-state index contributed by atoms with van der Waals surface area (Å²) in [5.74, 6) is 0.676. The van der Waals surface area contributed by atoms with Gasteiger partial charge in [0.1, 0.15) is 0 Å². The lowest BCUT2D eigenvalue weighted by atomic mass is 9.98. The second-order valence-corrected chi connectivity index (χ2v) is 4.47. The van der Waals surface area contributed by atoms with Crippen LogP contribution in [0.15, 0.2) is 12.4 Å². The molecule has 0 amide bonds. The van der Waals surface area contributed by atoms with Gasteiger partial charge in [0.2, 0.25) is 0 Å². The maximum Gasteiger partial charge on any atom is 0.166 e. The number of nitrogens with two attached hydrogens (primary N) is 1. The number of rotatable bonds is 3. The van der Waals surface area contributed by atoms with Crippen molar-refractivity contribution in [3.05, 3.63) is 18.0 Å². The van der Waals surface area contributed by atoms with E-state index >= 15 is 0 Å².